The summed E-state index contributed by atoms with van der Waals surface area (Å²) in [6.07, 6.45) is 0.487. The van der Waals surface area contributed by atoms with Crippen LogP contribution in [-0.2, 0) is 4.79 Å². The van der Waals surface area contributed by atoms with Gasteiger partial charge >= 0.3 is 11.7 Å². The van der Waals surface area contributed by atoms with E-state index in [9.17, 15) is 35.2 Å². The minimum Gasteiger partial charge on any atom is -0.378 e. The first-order chi connectivity index (χ1) is 7.51. The Morgan fingerprint density at radius 2 is 1.76 bits per heavy atom. The predicted molar refractivity (Wildman–Crippen MR) is 52.1 cm³/mol. The molecule has 0 aromatic carbocycles. The zero-order valence-corrected chi connectivity index (χ0v) is 8.98. The Kier molecular flexibility index (Phi) is 2.77. The smallest absolute Gasteiger partial charge is 0.335 e. The van der Waals surface area contributed by atoms with Gasteiger partial charge in [-0.25, -0.2) is 0 Å². The second-order valence-electron chi connectivity index (χ2n) is 4.14. The second-order valence-corrected chi connectivity index (χ2v) is 4.14. The van der Waals surface area contributed by atoms with Crippen molar-refractivity contribution in [1.82, 2.24) is 0 Å². The van der Waals surface area contributed by atoms with E-state index in [2.05, 4.69) is 0 Å². The third-order valence-corrected chi connectivity index (χ3v) is 2.58. The van der Waals surface area contributed by atoms with Crippen LogP contribution in [0, 0.1) is 20.2 Å². The molecule has 2 N–H and O–H groups in total. The van der Waals surface area contributed by atoms with Crippen molar-refractivity contribution < 1.29 is 24.9 Å². The number of nitrogens with zero attached hydrogens (tertiary/aromatic N) is 2. The molecule has 0 unspecified atom stereocenters. The van der Waals surface area contributed by atoms with Gasteiger partial charge < -0.3 is 10.2 Å². The fourth-order valence-electron chi connectivity index (χ4n) is 1.82. The summed E-state index contributed by atoms with van der Waals surface area (Å²) in [7, 11) is 0. The number of carbonyl (C=O) groups excluding carboxylic acids is 1. The molecule has 0 saturated heterocycles. The molecule has 1 rings (SSSR count). The second kappa shape index (κ2) is 3.57. The summed E-state index contributed by atoms with van der Waals surface area (Å²) < 4.78 is 0. The molecule has 0 radical (unpaired) electrons. The molecule has 1 aliphatic carbocycles. The Balaban J connectivity index is 3.51. The van der Waals surface area contributed by atoms with Crippen LogP contribution in [0.4, 0.5) is 0 Å². The van der Waals surface area contributed by atoms with Crippen LogP contribution in [0.1, 0.15) is 13.8 Å². The van der Waals surface area contributed by atoms with E-state index in [1.54, 1.807) is 0 Å². The third kappa shape index (κ3) is 1.89. The summed E-state index contributed by atoms with van der Waals surface area (Å²) in [6.45, 7) is 1.69. The van der Waals surface area contributed by atoms with Gasteiger partial charge in [-0.1, -0.05) is 0 Å². The summed E-state index contributed by atoms with van der Waals surface area (Å²) >= 11 is 0. The number of carbonyl (C=O) groups is 1. The number of rotatable bonds is 2. The van der Waals surface area contributed by atoms with Crippen molar-refractivity contribution in [2.45, 2.75) is 31.1 Å². The normalized spacial score (nSPS) is 37.5. The average Bonchev–Trinajstić information content (AvgIpc) is 2.12. The Bertz CT molecular complexity index is 437. The fraction of sp³-hybridized carbons (Fsp3) is 0.625. The van der Waals surface area contributed by atoms with Crippen molar-refractivity contribution in [3.8, 4) is 0 Å². The zero-order valence-electron chi connectivity index (χ0n) is 8.98. The molecule has 1 aliphatic rings. The van der Waals surface area contributed by atoms with Gasteiger partial charge in [0.05, 0.1) is 4.92 Å². The molecular weight excluding hydrogens is 236 g/mol. The Hall–Kier alpha value is -1.87. The molecule has 0 bridgehead atoms. The molecule has 17 heavy (non-hydrogen) atoms. The van der Waals surface area contributed by atoms with Crippen molar-refractivity contribution in [3.63, 3.8) is 0 Å². The van der Waals surface area contributed by atoms with Gasteiger partial charge in [-0.2, -0.15) is 0 Å². The van der Waals surface area contributed by atoms with Crippen LogP contribution < -0.4 is 0 Å². The number of hydrogen-bond donors (Lipinski definition) is 2. The maximum absolute atomic E-state index is 11.6. The molecule has 0 aromatic heterocycles. The molecule has 0 aliphatic heterocycles. The molecule has 0 amide bonds. The molecule has 0 spiro atoms. The molecule has 0 fully saturated rings. The SMILES string of the molecule is C[C@]1(O)C(=O)[C@](C)(O)C=C([N+](=O)[O-])[C@H]1[N+](=O)[O-]. The molecule has 9 nitrogen and oxygen atoms in total. The summed E-state index contributed by atoms with van der Waals surface area (Å²) in [5.74, 6) is -1.25. The van der Waals surface area contributed by atoms with E-state index in [0.29, 0.717) is 6.08 Å². The molecule has 3 atom stereocenters. The minimum atomic E-state index is -2.63. The largest absolute Gasteiger partial charge is 0.378 e. The van der Waals surface area contributed by atoms with Crippen LogP contribution in [0.25, 0.3) is 0 Å². The monoisotopic (exact) mass is 246 g/mol. The fourth-order valence-corrected chi connectivity index (χ4v) is 1.82. The molecule has 0 aromatic rings. The van der Waals surface area contributed by atoms with Crippen molar-refractivity contribution in [1.29, 1.82) is 0 Å². The standard InChI is InChI=1S/C8H10N2O7/c1-7(12)3-4(9(14)15)5(10(16)17)8(2,13)6(7)11/h3,5,12-13H,1-2H3/t5-,7-,8-/m1/s1. The Morgan fingerprint density at radius 1 is 1.29 bits per heavy atom. The highest BCUT2D eigenvalue weighted by Crippen LogP contribution is 2.33. The van der Waals surface area contributed by atoms with E-state index in [1.807, 2.05) is 0 Å². The van der Waals surface area contributed by atoms with Crippen LogP contribution in [0.2, 0.25) is 0 Å². The molecule has 0 heterocycles. The van der Waals surface area contributed by atoms with Gasteiger partial charge in [-0.15, -0.1) is 0 Å². The van der Waals surface area contributed by atoms with E-state index in [-0.39, 0.29) is 0 Å². The van der Waals surface area contributed by atoms with Crippen molar-refractivity contribution in [3.05, 3.63) is 32.0 Å². The van der Waals surface area contributed by atoms with Gasteiger partial charge in [0, 0.05) is 11.0 Å². The number of hydrogen-bond acceptors (Lipinski definition) is 7. The van der Waals surface area contributed by atoms with E-state index < -0.39 is 38.6 Å². The molecule has 94 valence electrons. The Labute approximate surface area is 94.7 Å². The van der Waals surface area contributed by atoms with Crippen LogP contribution >= 0.6 is 0 Å². The molecule has 0 saturated carbocycles. The van der Waals surface area contributed by atoms with Gasteiger partial charge in [0.25, 0.3) is 0 Å². The lowest BCUT2D eigenvalue weighted by Crippen LogP contribution is -2.62. The van der Waals surface area contributed by atoms with Crippen molar-refractivity contribution >= 4 is 5.78 Å². The van der Waals surface area contributed by atoms with Crippen molar-refractivity contribution in [2.75, 3.05) is 0 Å². The summed E-state index contributed by atoms with van der Waals surface area (Å²) in [6, 6.07) is -2.20. The summed E-state index contributed by atoms with van der Waals surface area (Å²) in [5, 5.41) is 40.7. The number of nitro groups is 2. The van der Waals surface area contributed by atoms with Crippen LogP contribution in [-0.4, -0.2) is 43.1 Å². The van der Waals surface area contributed by atoms with E-state index in [1.165, 1.54) is 0 Å². The van der Waals surface area contributed by atoms with Gasteiger partial charge in [-0.05, 0) is 13.8 Å². The third-order valence-electron chi connectivity index (χ3n) is 2.58. The lowest BCUT2D eigenvalue weighted by Gasteiger charge is -2.33. The maximum atomic E-state index is 11.6. The topological polar surface area (TPSA) is 144 Å². The Morgan fingerprint density at radius 3 is 2.12 bits per heavy atom. The van der Waals surface area contributed by atoms with Crippen molar-refractivity contribution in [2.24, 2.45) is 0 Å². The first kappa shape index (κ1) is 13.2. The van der Waals surface area contributed by atoms with E-state index >= 15 is 0 Å². The predicted octanol–water partition coefficient (Wildman–Crippen LogP) is -1.12. The first-order valence-electron chi connectivity index (χ1n) is 4.52. The molecular formula is C8H10N2O7. The number of aliphatic hydroxyl groups is 2. The van der Waals surface area contributed by atoms with Crippen LogP contribution in [0.5, 0.6) is 0 Å². The summed E-state index contributed by atoms with van der Waals surface area (Å²) in [4.78, 5) is 30.7. The lowest BCUT2D eigenvalue weighted by molar-refractivity contribution is -0.571. The summed E-state index contributed by atoms with van der Waals surface area (Å²) in [5.41, 5.74) is -5.95. The van der Waals surface area contributed by atoms with Crippen LogP contribution in [0.15, 0.2) is 11.8 Å². The van der Waals surface area contributed by atoms with Gasteiger partial charge in [0.1, 0.15) is 5.60 Å². The van der Waals surface area contributed by atoms with Gasteiger partial charge in [0.2, 0.25) is 11.4 Å². The zero-order chi connectivity index (χ0) is 13.6. The average molecular weight is 246 g/mol. The van der Waals surface area contributed by atoms with E-state index in [4.69, 9.17) is 0 Å². The number of Topliss-reactive ketones (excluding diaryl/α,β-unsaturated/α-hetero) is 1. The van der Waals surface area contributed by atoms with E-state index in [0.717, 1.165) is 13.8 Å². The first-order valence-corrected chi connectivity index (χ1v) is 4.52. The number of ketones is 1. The lowest BCUT2D eigenvalue weighted by atomic mass is 9.76. The minimum absolute atomic E-state index is 0.487. The highest BCUT2D eigenvalue weighted by atomic mass is 16.6. The van der Waals surface area contributed by atoms with Gasteiger partial charge in [0.15, 0.2) is 0 Å². The maximum Gasteiger partial charge on any atom is 0.335 e. The highest BCUT2D eigenvalue weighted by Gasteiger charge is 2.63. The van der Waals surface area contributed by atoms with Crippen LogP contribution in [0.3, 0.4) is 0 Å². The highest BCUT2D eigenvalue weighted by molar-refractivity contribution is 5.97. The molecule has 9 heteroatoms. The van der Waals surface area contributed by atoms with Gasteiger partial charge in [-0.3, -0.25) is 25.0 Å². The quantitative estimate of drug-likeness (QED) is 0.463.